The molecule has 14 N–H and O–H groups in total. The number of fused-ring (bicyclic) bond motifs is 6. The monoisotopic (exact) mass is 1820 g/mol. The molecule has 8 aliphatic rings. The molecule has 2 aliphatic carbocycles. The second-order valence-corrected chi connectivity index (χ2v) is 34.3. The minimum atomic E-state index is -1.02. The van der Waals surface area contributed by atoms with Crippen LogP contribution >= 0.6 is 0 Å². The van der Waals surface area contributed by atoms with Crippen molar-refractivity contribution in [3.63, 3.8) is 0 Å². The summed E-state index contributed by atoms with van der Waals surface area (Å²) in [5.41, 5.74) is 22.6. The molecule has 10 rings (SSSR count). The standard InChI is InChI=1S/C48H61N5O12.C35H50N2O10.C13H13N3O3/c1-26-21-32-30(14-9-7-8-10-18-40(55)50-34-16-12-15-31-33(34)25-53(47(31)61)36-19-20-41(56)52-46(36)60)37(54)24-35(43(32)58)51-45(59)27(2)13-11-17-38(63-5)44(65-48(49)62)29(4)23-28(3)42(57)39(22-26)64-6;1-20-16-25-24(13-9-7-8-10-15-30(39)40)27(38)19-26(32(25)42)37-34(43)21(2)12-11-14-28(45-5)33(47-35(36)44)23(4)18-22(3)31(41)29(17-20)46-6;14-9-3-1-2-7-8(9)6-16(13(7)19)10-4-5-11(17)15-12(10)18/h11-13,15-17,23-24,26,28,36,38-39,42,44,57H,7-10,14,18-22,25H2,1-6H3,(H2,49,62)(H,50,55)(H,51,59)(H,52,56,60);11-12,14,18-20,22,28-29,31,33,41H,7-10,13,15-17H2,1-6H3,(H2,36,44)(H,37,43)(H,39,40);1-3,10H,4-6,14H2,(H,15,17,18)/b17-11-,27-13+,29-23+;14-11-,21-12+,23-18+;/t26-,28+,36?,38+,39+,42+,44+;20-,22+,28+,29+,31+,33+;/m11./s1. The first kappa shape index (κ1) is 104. The van der Waals surface area contributed by atoms with E-state index in [0.29, 0.717) is 146 Å². The second kappa shape index (κ2) is 49.1. The quantitative estimate of drug-likeness (QED) is 0.0163. The Labute approximate surface area is 761 Å². The second-order valence-electron chi connectivity index (χ2n) is 34.3. The summed E-state index contributed by atoms with van der Waals surface area (Å²) in [6, 6.07) is 8.84. The molecule has 0 saturated carbocycles. The predicted molar refractivity (Wildman–Crippen MR) is 480 cm³/mol. The van der Waals surface area contributed by atoms with Crippen molar-refractivity contribution in [2.45, 2.75) is 258 Å². The highest BCUT2D eigenvalue weighted by molar-refractivity contribution is 6.25. The lowest BCUT2D eigenvalue weighted by Crippen LogP contribution is -2.52. The van der Waals surface area contributed by atoms with Crippen LogP contribution in [0.4, 0.5) is 21.0 Å². The van der Waals surface area contributed by atoms with E-state index >= 15 is 0 Å². The number of Topliss-reactive ketones (excluding diaryl/α,β-unsaturated/α-hetero) is 2. The fourth-order valence-corrected chi connectivity index (χ4v) is 17.2. The third kappa shape index (κ3) is 28.4. The van der Waals surface area contributed by atoms with Crippen LogP contribution in [0.15, 0.2) is 153 Å². The minimum Gasteiger partial charge on any atom is -0.481 e. The van der Waals surface area contributed by atoms with Crippen molar-refractivity contribution in [3.8, 4) is 0 Å². The number of carboxylic acid groups (broad SMARTS) is 1. The average Bonchev–Trinajstić information content (AvgIpc) is 1.63. The SMILES string of the molecule is CO[C@H]1/C=C\C=C(/C)C(=O)NC2=CC(=O)C(CCCCCCC(=O)Nc3cccc4c3CN(C3CCC(=O)NC3=O)C4=O)=C(C[C@@H](C)C[C@H](OC)[C@@H](O)[C@@H](C)/C=C(\C)[C@@H]1OC(N)=O)C2=O.CO[C@H]1/C=C\C=C(/C)C(=O)NC2=CC(=O)C(CCCCCCC(=O)O)=C(C[C@@H](C)C[C@H](OC)[C@@H](O)[C@@H](C)/C=C(\C)[C@@H]1OC(N)=O)C2=O.Nc1cccc2c1CN(C1CCC(=O)NC1=O)C2=O. The van der Waals surface area contributed by atoms with Gasteiger partial charge in [-0.1, -0.05) is 114 Å². The average molecular weight is 1820 g/mol. The third-order valence-electron chi connectivity index (χ3n) is 24.4. The van der Waals surface area contributed by atoms with Gasteiger partial charge >= 0.3 is 18.2 Å². The summed E-state index contributed by atoms with van der Waals surface area (Å²) in [7, 11) is 5.81. The van der Waals surface area contributed by atoms with Crippen LogP contribution in [-0.4, -0.2) is 209 Å². The number of rotatable bonds is 23. The van der Waals surface area contributed by atoms with Crippen LogP contribution in [0.1, 0.15) is 216 Å². The lowest BCUT2D eigenvalue weighted by atomic mass is 9.82. The Morgan fingerprint density at radius 2 is 0.924 bits per heavy atom. The maximum absolute atomic E-state index is 14.1. The van der Waals surface area contributed by atoms with E-state index in [-0.39, 0.29) is 133 Å². The number of primary amides is 2. The number of aliphatic hydroxyl groups excluding tert-OH is 2. The summed E-state index contributed by atoms with van der Waals surface area (Å²) in [6.45, 7) is 14.4. The molecule has 4 bridgehead atoms. The van der Waals surface area contributed by atoms with Gasteiger partial charge in [-0.05, 0) is 152 Å². The van der Waals surface area contributed by atoms with Gasteiger partial charge in [0.05, 0.1) is 35.8 Å². The Hall–Kier alpha value is -12.3. The summed E-state index contributed by atoms with van der Waals surface area (Å²) in [5.74, 6) is -7.49. The van der Waals surface area contributed by atoms with Gasteiger partial charge < -0.3 is 86.7 Å². The lowest BCUT2D eigenvalue weighted by Gasteiger charge is -2.30. The number of ether oxygens (including phenoxy) is 6. The van der Waals surface area contributed by atoms with Gasteiger partial charge in [0, 0.05) is 158 Å². The van der Waals surface area contributed by atoms with Crippen LogP contribution in [-0.2, 0) is 99.0 Å². The highest BCUT2D eigenvalue weighted by Gasteiger charge is 2.43. The number of nitrogens with one attached hydrogen (secondary N) is 5. The first-order valence-corrected chi connectivity index (χ1v) is 44.2. The Balaban J connectivity index is 0.000000277. The van der Waals surface area contributed by atoms with Crippen molar-refractivity contribution in [2.24, 2.45) is 35.1 Å². The molecule has 2 aromatic rings. The van der Waals surface area contributed by atoms with E-state index < -0.39 is 126 Å². The van der Waals surface area contributed by atoms with Crippen molar-refractivity contribution in [1.82, 2.24) is 31.1 Å². The molecular weight excluding hydrogens is 1690 g/mol. The fraction of sp³-hybridized carbons (Fsp3) is 0.500. The van der Waals surface area contributed by atoms with Gasteiger partial charge in [0.2, 0.25) is 41.1 Å². The highest BCUT2D eigenvalue weighted by atomic mass is 16.6. The molecule has 35 heteroatoms. The van der Waals surface area contributed by atoms with E-state index in [4.69, 9.17) is 50.7 Å². The molecule has 2 saturated heterocycles. The van der Waals surface area contributed by atoms with Crippen LogP contribution in [0.3, 0.4) is 0 Å². The predicted octanol–water partition coefficient (Wildman–Crippen LogP) is 8.80. The number of hydrogen-bond donors (Lipinski definition) is 11. The largest absolute Gasteiger partial charge is 0.481 e. The molecule has 2 fully saturated rings. The smallest absolute Gasteiger partial charge is 0.405 e. The molecule has 2 aromatic carbocycles. The maximum atomic E-state index is 14.1. The number of methoxy groups -OCH3 is 4. The number of ketones is 4. The number of carboxylic acids is 1. The maximum Gasteiger partial charge on any atom is 0.405 e. The molecule has 6 aliphatic heterocycles. The summed E-state index contributed by atoms with van der Waals surface area (Å²) >= 11 is 0. The Kier molecular flexibility index (Phi) is 39.0. The number of aliphatic carboxylic acids is 1. The molecule has 131 heavy (non-hydrogen) atoms. The normalized spacial score (nSPS) is 27.8. The Morgan fingerprint density at radius 1 is 0.519 bits per heavy atom. The van der Waals surface area contributed by atoms with Crippen LogP contribution < -0.4 is 43.8 Å². The van der Waals surface area contributed by atoms with E-state index in [2.05, 4.69) is 26.6 Å². The lowest BCUT2D eigenvalue weighted by molar-refractivity contribution is -0.138. The van der Waals surface area contributed by atoms with E-state index in [1.165, 1.54) is 50.4 Å². The van der Waals surface area contributed by atoms with Crippen LogP contribution in [0.2, 0.25) is 0 Å². The molecule has 2 unspecified atom stereocenters. The Morgan fingerprint density at radius 3 is 1.32 bits per heavy atom. The number of piperidine rings is 2. The Bertz CT molecular complexity index is 5040. The van der Waals surface area contributed by atoms with Gasteiger partial charge in [-0.3, -0.25) is 77.8 Å². The minimum absolute atomic E-state index is 0.0769. The number of aliphatic hydroxyl groups is 2. The van der Waals surface area contributed by atoms with Crippen LogP contribution in [0, 0.1) is 23.7 Å². The highest BCUT2D eigenvalue weighted by Crippen LogP contribution is 2.38. The molecular formula is C96H124N10O25. The number of benzene rings is 2. The number of carbonyl (C=O) groups excluding carboxylic acids is 15. The zero-order valence-corrected chi connectivity index (χ0v) is 76.3. The van der Waals surface area contributed by atoms with Crippen molar-refractivity contribution < 1.29 is 120 Å². The van der Waals surface area contributed by atoms with Gasteiger partial charge in [-0.15, -0.1) is 0 Å². The number of unbranched alkanes of at least 4 members (excludes halogenated alkanes) is 6. The van der Waals surface area contributed by atoms with Crippen molar-refractivity contribution in [2.75, 3.05) is 39.5 Å². The summed E-state index contributed by atoms with van der Waals surface area (Å²) in [6.07, 6.45) is 14.0. The summed E-state index contributed by atoms with van der Waals surface area (Å²) in [4.78, 5) is 205. The zero-order valence-electron chi connectivity index (χ0n) is 76.3. The van der Waals surface area contributed by atoms with Gasteiger partial charge in [0.1, 0.15) is 24.3 Å². The van der Waals surface area contributed by atoms with E-state index in [0.717, 1.165) is 17.7 Å². The third-order valence-corrected chi connectivity index (χ3v) is 24.4. The number of nitrogens with two attached hydrogens (primary N) is 3. The molecule has 708 valence electrons. The van der Waals surface area contributed by atoms with E-state index in [9.17, 15) is 86.9 Å². The van der Waals surface area contributed by atoms with Gasteiger partial charge in [0.25, 0.3) is 23.6 Å². The number of carbonyl (C=O) groups is 16. The molecule has 14 atom stereocenters. The molecule has 35 nitrogen and oxygen atoms in total. The molecule has 6 heterocycles. The first-order valence-electron chi connectivity index (χ1n) is 44.2. The first-order chi connectivity index (χ1) is 62.2. The molecule has 0 spiro atoms. The van der Waals surface area contributed by atoms with Crippen molar-refractivity contribution in [3.05, 3.63) is 175 Å². The number of allylic oxidation sites excluding steroid dienone is 10. The number of imide groups is 2. The van der Waals surface area contributed by atoms with E-state index in [1.54, 1.807) is 114 Å². The van der Waals surface area contributed by atoms with Crippen LogP contribution in [0.25, 0.3) is 0 Å². The van der Waals surface area contributed by atoms with Crippen molar-refractivity contribution in [1.29, 1.82) is 0 Å². The number of anilines is 2. The number of nitrogen functional groups attached to an aromatic ring is 1. The summed E-state index contributed by atoms with van der Waals surface area (Å²) in [5, 5.41) is 44.4. The van der Waals surface area contributed by atoms with Crippen LogP contribution in [0.5, 0.6) is 0 Å². The molecule has 11 amide bonds. The molecule has 0 aromatic heterocycles. The van der Waals surface area contributed by atoms with Crippen molar-refractivity contribution >= 4 is 106 Å². The van der Waals surface area contributed by atoms with E-state index in [1.807, 2.05) is 13.8 Å². The number of hydrogen-bond acceptors (Lipinski definition) is 25. The molecule has 0 radical (unpaired) electrons. The fourth-order valence-electron chi connectivity index (χ4n) is 17.2. The van der Waals surface area contributed by atoms with Gasteiger partial charge in [0.15, 0.2) is 23.8 Å². The number of nitrogens with zero attached hydrogens (tertiary/aromatic N) is 2. The summed E-state index contributed by atoms with van der Waals surface area (Å²) < 4.78 is 33.4. The zero-order chi connectivity index (χ0) is 96.4. The van der Waals surface area contributed by atoms with Gasteiger partial charge in [-0.2, -0.15) is 0 Å². The topological polar surface area (TPSA) is 534 Å². The van der Waals surface area contributed by atoms with Gasteiger partial charge in [-0.25, -0.2) is 9.59 Å². The number of amides is 11.